The van der Waals surface area contributed by atoms with E-state index >= 15 is 0 Å². The molecule has 1 heterocycles. The summed E-state index contributed by atoms with van der Waals surface area (Å²) in [7, 11) is 0. The Hall–Kier alpha value is -3.14. The Labute approximate surface area is 183 Å². The summed E-state index contributed by atoms with van der Waals surface area (Å²) >= 11 is 12.4. The highest BCUT2D eigenvalue weighted by Gasteiger charge is 2.32. The molecule has 4 aromatic rings. The number of carbonyl (C=O) groups excluding carboxylic acids is 2. The molecule has 0 fully saturated rings. The summed E-state index contributed by atoms with van der Waals surface area (Å²) in [6.07, 6.45) is 3.65. The van der Waals surface area contributed by atoms with Gasteiger partial charge < -0.3 is 4.57 Å². The van der Waals surface area contributed by atoms with Crippen LogP contribution in [0.3, 0.4) is 0 Å². The van der Waals surface area contributed by atoms with E-state index in [4.69, 9.17) is 23.2 Å². The van der Waals surface area contributed by atoms with Gasteiger partial charge in [0, 0.05) is 50.4 Å². The molecule has 0 amide bonds. The highest BCUT2D eigenvalue weighted by Crippen LogP contribution is 2.31. The lowest BCUT2D eigenvalue weighted by Gasteiger charge is -2.08. The van der Waals surface area contributed by atoms with Gasteiger partial charge in [0.2, 0.25) is 0 Å². The van der Waals surface area contributed by atoms with Gasteiger partial charge in [-0.15, -0.1) is 0 Å². The molecular weight excluding hydrogens is 417 g/mol. The van der Waals surface area contributed by atoms with Crippen molar-refractivity contribution in [2.75, 3.05) is 0 Å². The number of allylic oxidation sites excluding steroid dienone is 1. The van der Waals surface area contributed by atoms with Gasteiger partial charge in [-0.2, -0.15) is 0 Å². The number of rotatable bonds is 3. The lowest BCUT2D eigenvalue weighted by molar-refractivity contribution is 0.0990. The average Bonchev–Trinajstić information content (AvgIpc) is 3.21. The van der Waals surface area contributed by atoms with E-state index < -0.39 is 0 Å². The monoisotopic (exact) mass is 431 g/mol. The first kappa shape index (κ1) is 18.9. The van der Waals surface area contributed by atoms with E-state index in [1.807, 2.05) is 42.6 Å². The Kier molecular flexibility index (Phi) is 4.58. The van der Waals surface area contributed by atoms with Gasteiger partial charge in [0.15, 0.2) is 11.6 Å². The number of ketones is 2. The molecule has 1 aromatic heterocycles. The van der Waals surface area contributed by atoms with Crippen LogP contribution >= 0.6 is 23.2 Å². The van der Waals surface area contributed by atoms with Crippen molar-refractivity contribution in [3.63, 3.8) is 0 Å². The third-order valence-electron chi connectivity index (χ3n) is 5.38. The molecule has 3 nitrogen and oxygen atoms in total. The number of carbonyl (C=O) groups is 2. The number of Topliss-reactive ketones (excluding diaryl/α,β-unsaturated/α-hetero) is 2. The van der Waals surface area contributed by atoms with Gasteiger partial charge in [0.25, 0.3) is 0 Å². The van der Waals surface area contributed by atoms with E-state index in [1.165, 1.54) is 0 Å². The summed E-state index contributed by atoms with van der Waals surface area (Å²) in [4.78, 5) is 25.6. The second kappa shape index (κ2) is 7.28. The fraction of sp³-hybridized carbons (Fsp3) is 0.0400. The zero-order chi connectivity index (χ0) is 20.8. The summed E-state index contributed by atoms with van der Waals surface area (Å²) < 4.78 is 2.06. The molecule has 0 spiro atoms. The van der Waals surface area contributed by atoms with Gasteiger partial charge >= 0.3 is 0 Å². The van der Waals surface area contributed by atoms with Gasteiger partial charge in [0.05, 0.1) is 5.57 Å². The molecule has 0 aliphatic heterocycles. The van der Waals surface area contributed by atoms with Crippen LogP contribution in [0.25, 0.3) is 17.0 Å². The van der Waals surface area contributed by atoms with Crippen LogP contribution in [-0.2, 0) is 6.54 Å². The van der Waals surface area contributed by atoms with Gasteiger partial charge in [-0.25, -0.2) is 0 Å². The quantitative estimate of drug-likeness (QED) is 0.275. The number of halogens is 2. The first-order chi connectivity index (χ1) is 14.5. The zero-order valence-electron chi connectivity index (χ0n) is 15.7. The summed E-state index contributed by atoms with van der Waals surface area (Å²) in [5.41, 5.74) is 3.87. The number of nitrogens with zero attached hydrogens (tertiary/aromatic N) is 1. The second-order valence-corrected chi connectivity index (χ2v) is 8.07. The number of aromatic nitrogens is 1. The first-order valence-corrected chi connectivity index (χ1v) is 10.2. The molecule has 3 aromatic carbocycles. The zero-order valence-corrected chi connectivity index (χ0v) is 17.2. The van der Waals surface area contributed by atoms with Crippen molar-refractivity contribution < 1.29 is 9.59 Å². The van der Waals surface area contributed by atoms with Crippen molar-refractivity contribution in [2.24, 2.45) is 0 Å². The lowest BCUT2D eigenvalue weighted by Crippen LogP contribution is -2.00. The summed E-state index contributed by atoms with van der Waals surface area (Å²) in [6, 6.07) is 20.3. The Morgan fingerprint density at radius 3 is 2.20 bits per heavy atom. The molecule has 0 saturated carbocycles. The lowest BCUT2D eigenvalue weighted by atomic mass is 10.1. The van der Waals surface area contributed by atoms with E-state index in [2.05, 4.69) is 4.57 Å². The van der Waals surface area contributed by atoms with Crippen LogP contribution in [0.4, 0.5) is 0 Å². The summed E-state index contributed by atoms with van der Waals surface area (Å²) in [5, 5.41) is 2.15. The van der Waals surface area contributed by atoms with Gasteiger partial charge in [0.1, 0.15) is 0 Å². The molecule has 1 aliphatic rings. The Bertz CT molecular complexity index is 1340. The SMILES string of the molecule is O=C1C(=Cc2cn(Cc3ccc(Cl)cc3Cl)c3ccccc23)C(=O)c2ccccc21. The minimum absolute atomic E-state index is 0.198. The molecule has 0 N–H and O–H groups in total. The Morgan fingerprint density at radius 2 is 1.50 bits per heavy atom. The molecular formula is C25H15Cl2NO2. The molecule has 0 atom stereocenters. The molecule has 5 rings (SSSR count). The minimum atomic E-state index is -0.229. The van der Waals surface area contributed by atoms with Gasteiger partial charge in [-0.1, -0.05) is 71.7 Å². The molecule has 5 heteroatoms. The number of benzene rings is 3. The second-order valence-electron chi connectivity index (χ2n) is 7.23. The molecule has 146 valence electrons. The highest BCUT2D eigenvalue weighted by atomic mass is 35.5. The fourth-order valence-electron chi connectivity index (χ4n) is 3.91. The van der Waals surface area contributed by atoms with E-state index in [1.54, 1.807) is 36.4 Å². The van der Waals surface area contributed by atoms with Crippen LogP contribution < -0.4 is 0 Å². The number of para-hydroxylation sites is 1. The van der Waals surface area contributed by atoms with Crippen molar-refractivity contribution in [3.05, 3.63) is 111 Å². The number of hydrogen-bond acceptors (Lipinski definition) is 2. The van der Waals surface area contributed by atoms with Crippen molar-refractivity contribution in [1.29, 1.82) is 0 Å². The third kappa shape index (κ3) is 3.07. The maximum atomic E-state index is 12.8. The fourth-order valence-corrected chi connectivity index (χ4v) is 4.38. The normalized spacial score (nSPS) is 13.2. The van der Waals surface area contributed by atoms with Crippen molar-refractivity contribution in [3.8, 4) is 0 Å². The smallest absolute Gasteiger partial charge is 0.197 e. The van der Waals surface area contributed by atoms with Crippen LogP contribution in [0.15, 0.2) is 78.5 Å². The topological polar surface area (TPSA) is 39.1 Å². The molecule has 30 heavy (non-hydrogen) atoms. The predicted molar refractivity (Wildman–Crippen MR) is 121 cm³/mol. The number of hydrogen-bond donors (Lipinski definition) is 0. The molecule has 0 saturated heterocycles. The molecule has 0 radical (unpaired) electrons. The standard InChI is InChI=1S/C25H15Cl2NO2/c26-17-10-9-15(22(27)12-17)13-28-14-16(18-5-3-4-8-23(18)28)11-21-24(29)19-6-1-2-7-20(19)25(21)30/h1-12,14H,13H2. The maximum Gasteiger partial charge on any atom is 0.197 e. The van der Waals surface area contributed by atoms with Gasteiger partial charge in [-0.3, -0.25) is 9.59 Å². The van der Waals surface area contributed by atoms with E-state index in [9.17, 15) is 9.59 Å². The molecule has 1 aliphatic carbocycles. The van der Waals surface area contributed by atoms with Crippen LogP contribution in [0, 0.1) is 0 Å². The summed E-state index contributed by atoms with van der Waals surface area (Å²) in [6.45, 7) is 0.543. The molecule has 0 unspecified atom stereocenters. The predicted octanol–water partition coefficient (Wildman–Crippen LogP) is 6.46. The van der Waals surface area contributed by atoms with Crippen LogP contribution in [0.5, 0.6) is 0 Å². The Morgan fingerprint density at radius 1 is 0.833 bits per heavy atom. The third-order valence-corrected chi connectivity index (χ3v) is 5.97. The van der Waals surface area contributed by atoms with E-state index in [-0.39, 0.29) is 17.1 Å². The van der Waals surface area contributed by atoms with E-state index in [0.29, 0.717) is 27.7 Å². The maximum absolute atomic E-state index is 12.8. The van der Waals surface area contributed by atoms with E-state index in [0.717, 1.165) is 22.0 Å². The molecule has 0 bridgehead atoms. The number of fused-ring (bicyclic) bond motifs is 2. The van der Waals surface area contributed by atoms with Crippen molar-refractivity contribution in [2.45, 2.75) is 6.54 Å². The van der Waals surface area contributed by atoms with Crippen LogP contribution in [0.2, 0.25) is 10.0 Å². The minimum Gasteiger partial charge on any atom is -0.342 e. The first-order valence-electron chi connectivity index (χ1n) is 9.45. The van der Waals surface area contributed by atoms with Gasteiger partial charge in [-0.05, 0) is 29.8 Å². The highest BCUT2D eigenvalue weighted by molar-refractivity contribution is 6.41. The van der Waals surface area contributed by atoms with Crippen LogP contribution in [-0.4, -0.2) is 16.1 Å². The Balaban J connectivity index is 1.61. The summed E-state index contributed by atoms with van der Waals surface area (Å²) in [5.74, 6) is -0.457. The van der Waals surface area contributed by atoms with Crippen molar-refractivity contribution in [1.82, 2.24) is 4.57 Å². The van der Waals surface area contributed by atoms with Crippen LogP contribution in [0.1, 0.15) is 31.8 Å². The largest absolute Gasteiger partial charge is 0.342 e. The average molecular weight is 432 g/mol. The van der Waals surface area contributed by atoms with Crippen molar-refractivity contribution >= 4 is 51.7 Å².